The van der Waals surface area contributed by atoms with Crippen molar-refractivity contribution in [3.63, 3.8) is 0 Å². The average Bonchev–Trinajstić information content (AvgIpc) is 2.46. The molecule has 0 fully saturated rings. The molecule has 0 bridgehead atoms. The smallest absolute Gasteiger partial charge is 0.110 e. The summed E-state index contributed by atoms with van der Waals surface area (Å²) in [5, 5.41) is 1.03. The number of thiazole rings is 1. The molecule has 2 rings (SSSR count). The van der Waals surface area contributed by atoms with E-state index in [0.717, 1.165) is 23.7 Å². The zero-order valence-corrected chi connectivity index (χ0v) is 7.86. The normalized spacial score (nSPS) is 18.8. The van der Waals surface area contributed by atoms with Gasteiger partial charge in [0.15, 0.2) is 0 Å². The van der Waals surface area contributed by atoms with E-state index in [1.807, 2.05) is 6.92 Å². The van der Waals surface area contributed by atoms with E-state index in [9.17, 15) is 0 Å². The summed E-state index contributed by atoms with van der Waals surface area (Å²) in [6, 6.07) is 0.0561. The third-order valence-corrected chi connectivity index (χ3v) is 3.25. The summed E-state index contributed by atoms with van der Waals surface area (Å²) in [6.45, 7) is 3.46. The number of fused-ring (bicyclic) bond motifs is 1. The first-order valence-corrected chi connectivity index (χ1v) is 4.91. The second kappa shape index (κ2) is 3.12. The molecule has 1 atom stereocenters. The quantitative estimate of drug-likeness (QED) is 0.714. The molecule has 1 unspecified atom stereocenters. The summed E-state index contributed by atoms with van der Waals surface area (Å²) in [7, 11) is 0. The van der Waals surface area contributed by atoms with Crippen molar-refractivity contribution in [3.05, 3.63) is 15.6 Å². The highest BCUT2D eigenvalue weighted by atomic mass is 32.1. The van der Waals surface area contributed by atoms with Gasteiger partial charge < -0.3 is 10.5 Å². The molecule has 0 aliphatic carbocycles. The van der Waals surface area contributed by atoms with Crippen molar-refractivity contribution in [2.45, 2.75) is 26.0 Å². The Kier molecular flexibility index (Phi) is 2.12. The van der Waals surface area contributed by atoms with Crippen molar-refractivity contribution >= 4 is 11.3 Å². The largest absolute Gasteiger partial charge is 0.375 e. The maximum Gasteiger partial charge on any atom is 0.110 e. The molecule has 1 aliphatic rings. The van der Waals surface area contributed by atoms with Gasteiger partial charge in [-0.25, -0.2) is 4.98 Å². The van der Waals surface area contributed by atoms with Crippen molar-refractivity contribution in [1.82, 2.24) is 4.98 Å². The van der Waals surface area contributed by atoms with Crippen LogP contribution in [-0.4, -0.2) is 11.6 Å². The fourth-order valence-electron chi connectivity index (χ4n) is 1.24. The van der Waals surface area contributed by atoms with Crippen LogP contribution in [0.4, 0.5) is 0 Å². The van der Waals surface area contributed by atoms with E-state index < -0.39 is 0 Å². The Hall–Kier alpha value is -0.450. The zero-order valence-electron chi connectivity index (χ0n) is 7.04. The van der Waals surface area contributed by atoms with Crippen LogP contribution in [0, 0.1) is 0 Å². The minimum atomic E-state index is 0.0561. The summed E-state index contributed by atoms with van der Waals surface area (Å²) >= 11 is 1.73. The monoisotopic (exact) mass is 184 g/mol. The summed E-state index contributed by atoms with van der Waals surface area (Å²) in [5.41, 5.74) is 6.83. The third kappa shape index (κ3) is 1.37. The van der Waals surface area contributed by atoms with Crippen LogP contribution in [0.1, 0.15) is 28.5 Å². The predicted molar refractivity (Wildman–Crippen MR) is 48.1 cm³/mol. The molecule has 1 aliphatic heterocycles. The van der Waals surface area contributed by atoms with Crippen molar-refractivity contribution in [3.8, 4) is 0 Å². The second-order valence-corrected chi connectivity index (χ2v) is 4.13. The number of rotatable bonds is 1. The standard InChI is InChI=1S/C8H12N2OS/c1-5(9)8-10-6-4-11-3-2-7(6)12-8/h5H,2-4,9H2,1H3. The fourth-order valence-corrected chi connectivity index (χ4v) is 2.24. The number of nitrogens with zero attached hydrogens (tertiary/aromatic N) is 1. The Balaban J connectivity index is 2.32. The molecule has 0 saturated carbocycles. The molecule has 1 aromatic heterocycles. The third-order valence-electron chi connectivity index (χ3n) is 1.90. The lowest BCUT2D eigenvalue weighted by Crippen LogP contribution is -2.08. The molecule has 12 heavy (non-hydrogen) atoms. The van der Waals surface area contributed by atoms with Crippen molar-refractivity contribution in [2.75, 3.05) is 6.61 Å². The first-order chi connectivity index (χ1) is 5.77. The minimum absolute atomic E-state index is 0.0561. The number of ether oxygens (including phenoxy) is 1. The van der Waals surface area contributed by atoms with Gasteiger partial charge in [-0.1, -0.05) is 0 Å². The van der Waals surface area contributed by atoms with E-state index >= 15 is 0 Å². The molecule has 0 saturated heterocycles. The van der Waals surface area contributed by atoms with E-state index in [-0.39, 0.29) is 6.04 Å². The van der Waals surface area contributed by atoms with Gasteiger partial charge in [-0.3, -0.25) is 0 Å². The highest BCUT2D eigenvalue weighted by Crippen LogP contribution is 2.26. The van der Waals surface area contributed by atoms with Crippen LogP contribution in [0.15, 0.2) is 0 Å². The van der Waals surface area contributed by atoms with Gasteiger partial charge in [0.2, 0.25) is 0 Å². The van der Waals surface area contributed by atoms with E-state index in [2.05, 4.69) is 4.98 Å². The molecule has 2 N–H and O–H groups in total. The van der Waals surface area contributed by atoms with Crippen LogP contribution < -0.4 is 5.73 Å². The Morgan fingerprint density at radius 2 is 2.50 bits per heavy atom. The lowest BCUT2D eigenvalue weighted by Gasteiger charge is -2.08. The van der Waals surface area contributed by atoms with Crippen LogP contribution in [0.5, 0.6) is 0 Å². The molecule has 0 radical (unpaired) electrons. The lowest BCUT2D eigenvalue weighted by atomic mass is 10.2. The van der Waals surface area contributed by atoms with E-state index in [1.54, 1.807) is 11.3 Å². The number of aromatic nitrogens is 1. The van der Waals surface area contributed by atoms with Crippen molar-refractivity contribution in [2.24, 2.45) is 5.73 Å². The Morgan fingerprint density at radius 1 is 1.67 bits per heavy atom. The number of hydrogen-bond acceptors (Lipinski definition) is 4. The van der Waals surface area contributed by atoms with E-state index in [1.165, 1.54) is 4.88 Å². The van der Waals surface area contributed by atoms with Gasteiger partial charge in [0.05, 0.1) is 24.9 Å². The number of nitrogens with two attached hydrogens (primary N) is 1. The Morgan fingerprint density at radius 3 is 3.17 bits per heavy atom. The van der Waals surface area contributed by atoms with E-state index in [4.69, 9.17) is 10.5 Å². The van der Waals surface area contributed by atoms with Crippen LogP contribution in [0.3, 0.4) is 0 Å². The van der Waals surface area contributed by atoms with Crippen LogP contribution in [0.25, 0.3) is 0 Å². The Bertz CT molecular complexity index is 259. The molecule has 4 heteroatoms. The zero-order chi connectivity index (χ0) is 8.55. The van der Waals surface area contributed by atoms with E-state index in [0.29, 0.717) is 6.61 Å². The fraction of sp³-hybridized carbons (Fsp3) is 0.625. The predicted octanol–water partition coefficient (Wildman–Crippen LogP) is 1.24. The molecule has 0 spiro atoms. The first-order valence-electron chi connectivity index (χ1n) is 4.09. The van der Waals surface area contributed by atoms with Gasteiger partial charge in [0.1, 0.15) is 5.01 Å². The summed E-state index contributed by atoms with van der Waals surface area (Å²) in [6.07, 6.45) is 1.000. The summed E-state index contributed by atoms with van der Waals surface area (Å²) < 4.78 is 5.29. The van der Waals surface area contributed by atoms with Gasteiger partial charge in [0.25, 0.3) is 0 Å². The first kappa shape index (κ1) is 8.16. The molecule has 66 valence electrons. The second-order valence-electron chi connectivity index (χ2n) is 3.01. The minimum Gasteiger partial charge on any atom is -0.375 e. The molecular formula is C8H12N2OS. The number of hydrogen-bond donors (Lipinski definition) is 1. The highest BCUT2D eigenvalue weighted by molar-refractivity contribution is 7.11. The maximum atomic E-state index is 5.73. The molecule has 3 nitrogen and oxygen atoms in total. The van der Waals surface area contributed by atoms with Crippen LogP contribution >= 0.6 is 11.3 Å². The topological polar surface area (TPSA) is 48.1 Å². The SMILES string of the molecule is CC(N)c1nc2c(s1)CCOC2. The molecule has 1 aromatic rings. The van der Waals surface area contributed by atoms with Crippen molar-refractivity contribution in [1.29, 1.82) is 0 Å². The van der Waals surface area contributed by atoms with Crippen LogP contribution in [0.2, 0.25) is 0 Å². The van der Waals surface area contributed by atoms with Gasteiger partial charge >= 0.3 is 0 Å². The van der Waals surface area contributed by atoms with Gasteiger partial charge in [-0.2, -0.15) is 0 Å². The van der Waals surface area contributed by atoms with Crippen molar-refractivity contribution < 1.29 is 4.74 Å². The lowest BCUT2D eigenvalue weighted by molar-refractivity contribution is 0.109. The molecule has 2 heterocycles. The highest BCUT2D eigenvalue weighted by Gasteiger charge is 2.16. The summed E-state index contributed by atoms with van der Waals surface area (Å²) in [5.74, 6) is 0. The molecule has 0 amide bonds. The average molecular weight is 184 g/mol. The summed E-state index contributed by atoms with van der Waals surface area (Å²) in [4.78, 5) is 5.77. The Labute approximate surface area is 75.6 Å². The van der Waals surface area contributed by atoms with Gasteiger partial charge in [-0.05, 0) is 6.92 Å². The molecule has 0 aromatic carbocycles. The van der Waals surface area contributed by atoms with Gasteiger partial charge in [0, 0.05) is 11.3 Å². The van der Waals surface area contributed by atoms with Crippen LogP contribution in [-0.2, 0) is 17.8 Å². The molecular weight excluding hydrogens is 172 g/mol. The van der Waals surface area contributed by atoms with Gasteiger partial charge in [-0.15, -0.1) is 11.3 Å². The maximum absolute atomic E-state index is 5.73.